The molecule has 1 aromatic carbocycles. The summed E-state index contributed by atoms with van der Waals surface area (Å²) in [5.74, 6) is 1.46. The molecule has 0 saturated carbocycles. The van der Waals surface area contributed by atoms with Gasteiger partial charge in [-0.2, -0.15) is 0 Å². The third kappa shape index (κ3) is 3.80. The summed E-state index contributed by atoms with van der Waals surface area (Å²) >= 11 is 0. The Morgan fingerprint density at radius 1 is 1.21 bits per heavy atom. The largest absolute Gasteiger partial charge is 0.439 e. The molecule has 0 fully saturated rings. The number of aryl methyl sites for hydroxylation is 2. The first kappa shape index (κ1) is 13.6. The van der Waals surface area contributed by atoms with Gasteiger partial charge in [-0.15, -0.1) is 0 Å². The molecule has 19 heavy (non-hydrogen) atoms. The van der Waals surface area contributed by atoms with Crippen molar-refractivity contribution in [3.05, 3.63) is 53.2 Å². The highest BCUT2D eigenvalue weighted by Gasteiger charge is 2.06. The van der Waals surface area contributed by atoms with E-state index in [1.54, 1.807) is 0 Å². The van der Waals surface area contributed by atoms with Gasteiger partial charge < -0.3 is 10.5 Å². The average Bonchev–Trinajstić information content (AvgIpc) is 2.34. The van der Waals surface area contributed by atoms with Crippen LogP contribution in [0.1, 0.15) is 23.6 Å². The Hall–Kier alpha value is -1.87. The molecule has 3 nitrogen and oxygen atoms in total. The summed E-state index contributed by atoms with van der Waals surface area (Å²) in [7, 11) is 0. The SMILES string of the molecule is Cc1ccc(Oc2ncc(CC(C)N)cc2C)cc1. The van der Waals surface area contributed by atoms with Crippen molar-refractivity contribution in [1.82, 2.24) is 4.98 Å². The summed E-state index contributed by atoms with van der Waals surface area (Å²) in [6.45, 7) is 6.04. The van der Waals surface area contributed by atoms with Gasteiger partial charge in [-0.25, -0.2) is 4.98 Å². The minimum absolute atomic E-state index is 0.144. The van der Waals surface area contributed by atoms with E-state index < -0.39 is 0 Å². The van der Waals surface area contributed by atoms with Crippen molar-refractivity contribution in [2.24, 2.45) is 5.73 Å². The molecule has 0 saturated heterocycles. The molecule has 0 amide bonds. The molecule has 2 N–H and O–H groups in total. The van der Waals surface area contributed by atoms with E-state index in [-0.39, 0.29) is 6.04 Å². The van der Waals surface area contributed by atoms with Gasteiger partial charge in [0.15, 0.2) is 0 Å². The van der Waals surface area contributed by atoms with Crippen LogP contribution in [0.4, 0.5) is 0 Å². The fourth-order valence-electron chi connectivity index (χ4n) is 1.93. The lowest BCUT2D eigenvalue weighted by Gasteiger charge is -2.10. The van der Waals surface area contributed by atoms with Crippen molar-refractivity contribution >= 4 is 0 Å². The minimum atomic E-state index is 0.144. The molecule has 3 heteroatoms. The third-order valence-electron chi connectivity index (χ3n) is 2.88. The van der Waals surface area contributed by atoms with Crippen molar-refractivity contribution in [3.63, 3.8) is 0 Å². The molecule has 0 bridgehead atoms. The van der Waals surface area contributed by atoms with Gasteiger partial charge in [0.25, 0.3) is 0 Å². The molecular weight excluding hydrogens is 236 g/mol. The van der Waals surface area contributed by atoms with E-state index in [4.69, 9.17) is 10.5 Å². The van der Waals surface area contributed by atoms with Crippen molar-refractivity contribution in [1.29, 1.82) is 0 Å². The molecular formula is C16H20N2O. The maximum Gasteiger partial charge on any atom is 0.222 e. The summed E-state index contributed by atoms with van der Waals surface area (Å²) in [5, 5.41) is 0. The molecule has 1 atom stereocenters. The number of pyridine rings is 1. The van der Waals surface area contributed by atoms with Crippen LogP contribution >= 0.6 is 0 Å². The predicted octanol–water partition coefficient (Wildman–Crippen LogP) is 3.38. The zero-order valence-corrected chi connectivity index (χ0v) is 11.7. The van der Waals surface area contributed by atoms with Gasteiger partial charge in [-0.05, 0) is 51.0 Å². The van der Waals surface area contributed by atoms with Crippen LogP contribution in [0.15, 0.2) is 36.5 Å². The lowest BCUT2D eigenvalue weighted by Crippen LogP contribution is -2.17. The third-order valence-corrected chi connectivity index (χ3v) is 2.88. The molecule has 0 aliphatic carbocycles. The molecule has 2 aromatic rings. The number of hydrogen-bond acceptors (Lipinski definition) is 3. The van der Waals surface area contributed by atoms with Crippen LogP contribution in [0.25, 0.3) is 0 Å². The molecule has 1 unspecified atom stereocenters. The van der Waals surface area contributed by atoms with Crippen LogP contribution in [0.5, 0.6) is 11.6 Å². The number of benzene rings is 1. The van der Waals surface area contributed by atoms with Gasteiger partial charge in [-0.1, -0.05) is 17.7 Å². The number of ether oxygens (including phenoxy) is 1. The quantitative estimate of drug-likeness (QED) is 0.912. The van der Waals surface area contributed by atoms with E-state index in [1.165, 1.54) is 5.56 Å². The van der Waals surface area contributed by atoms with Gasteiger partial charge in [0, 0.05) is 17.8 Å². The zero-order valence-electron chi connectivity index (χ0n) is 11.7. The fourth-order valence-corrected chi connectivity index (χ4v) is 1.93. The normalized spacial score (nSPS) is 12.2. The summed E-state index contributed by atoms with van der Waals surface area (Å²) in [6, 6.07) is 10.2. The van der Waals surface area contributed by atoms with Gasteiger partial charge in [0.2, 0.25) is 5.88 Å². The van der Waals surface area contributed by atoms with Crippen molar-refractivity contribution in [2.75, 3.05) is 0 Å². The highest BCUT2D eigenvalue weighted by Crippen LogP contribution is 2.23. The second-order valence-electron chi connectivity index (χ2n) is 5.06. The summed E-state index contributed by atoms with van der Waals surface area (Å²) in [5.41, 5.74) is 9.17. The van der Waals surface area contributed by atoms with E-state index in [9.17, 15) is 0 Å². The van der Waals surface area contributed by atoms with E-state index >= 15 is 0 Å². The Morgan fingerprint density at radius 2 is 1.89 bits per heavy atom. The first-order chi connectivity index (χ1) is 9.04. The van der Waals surface area contributed by atoms with Gasteiger partial charge in [-0.3, -0.25) is 0 Å². The number of rotatable bonds is 4. The van der Waals surface area contributed by atoms with Crippen LogP contribution in [0.3, 0.4) is 0 Å². The molecule has 0 aliphatic rings. The molecule has 2 rings (SSSR count). The van der Waals surface area contributed by atoms with Crippen LogP contribution < -0.4 is 10.5 Å². The van der Waals surface area contributed by atoms with Gasteiger partial charge in [0.1, 0.15) is 5.75 Å². The Balaban J connectivity index is 2.15. The van der Waals surface area contributed by atoms with Crippen molar-refractivity contribution in [2.45, 2.75) is 33.2 Å². The predicted molar refractivity (Wildman–Crippen MR) is 77.6 cm³/mol. The molecule has 0 spiro atoms. The average molecular weight is 256 g/mol. The van der Waals surface area contributed by atoms with Crippen LogP contribution in [-0.2, 0) is 6.42 Å². The number of nitrogens with zero attached hydrogens (tertiary/aromatic N) is 1. The van der Waals surface area contributed by atoms with Gasteiger partial charge in [0.05, 0.1) is 0 Å². The van der Waals surface area contributed by atoms with Crippen molar-refractivity contribution < 1.29 is 4.74 Å². The Bertz CT molecular complexity index is 547. The first-order valence-electron chi connectivity index (χ1n) is 6.50. The lowest BCUT2D eigenvalue weighted by molar-refractivity contribution is 0.458. The van der Waals surface area contributed by atoms with Crippen LogP contribution in [0.2, 0.25) is 0 Å². The Morgan fingerprint density at radius 3 is 2.47 bits per heavy atom. The summed E-state index contributed by atoms with van der Waals surface area (Å²) in [6.07, 6.45) is 2.67. The van der Waals surface area contributed by atoms with E-state index in [0.29, 0.717) is 5.88 Å². The monoisotopic (exact) mass is 256 g/mol. The van der Waals surface area contributed by atoms with E-state index in [1.807, 2.05) is 44.3 Å². The standard InChI is InChI=1S/C16H20N2O/c1-11-4-6-15(7-5-11)19-16-12(2)8-14(10-18-16)9-13(3)17/h4-8,10,13H,9,17H2,1-3H3. The molecule has 1 heterocycles. The summed E-state index contributed by atoms with van der Waals surface area (Å²) < 4.78 is 5.78. The molecule has 0 radical (unpaired) electrons. The molecule has 100 valence electrons. The molecule has 1 aromatic heterocycles. The number of hydrogen-bond donors (Lipinski definition) is 1. The summed E-state index contributed by atoms with van der Waals surface area (Å²) in [4.78, 5) is 4.37. The first-order valence-corrected chi connectivity index (χ1v) is 6.50. The number of aromatic nitrogens is 1. The number of nitrogens with two attached hydrogens (primary N) is 1. The lowest BCUT2D eigenvalue weighted by atomic mass is 10.1. The highest BCUT2D eigenvalue weighted by atomic mass is 16.5. The highest BCUT2D eigenvalue weighted by molar-refractivity contribution is 5.34. The van der Waals surface area contributed by atoms with Crippen molar-refractivity contribution in [3.8, 4) is 11.6 Å². The van der Waals surface area contributed by atoms with Crippen LogP contribution in [0, 0.1) is 13.8 Å². The molecule has 0 aliphatic heterocycles. The smallest absolute Gasteiger partial charge is 0.222 e. The van der Waals surface area contributed by atoms with E-state index in [0.717, 1.165) is 23.3 Å². The second-order valence-corrected chi connectivity index (χ2v) is 5.06. The van der Waals surface area contributed by atoms with E-state index in [2.05, 4.69) is 18.0 Å². The maximum atomic E-state index is 5.79. The Labute approximate surface area is 114 Å². The topological polar surface area (TPSA) is 48.1 Å². The van der Waals surface area contributed by atoms with Crippen LogP contribution in [-0.4, -0.2) is 11.0 Å². The second kappa shape index (κ2) is 5.85. The zero-order chi connectivity index (χ0) is 13.8. The van der Waals surface area contributed by atoms with Gasteiger partial charge >= 0.3 is 0 Å². The fraction of sp³-hybridized carbons (Fsp3) is 0.312. The Kier molecular flexibility index (Phi) is 4.17. The minimum Gasteiger partial charge on any atom is -0.439 e. The maximum absolute atomic E-state index is 5.79.